The predicted molar refractivity (Wildman–Crippen MR) is 60.0 cm³/mol. The molecule has 0 bridgehead atoms. The molecule has 84 valence electrons. The Morgan fingerprint density at radius 1 is 1.29 bits per heavy atom. The van der Waals surface area contributed by atoms with Crippen LogP contribution in [0.15, 0.2) is 0 Å². The molecule has 0 fully saturated rings. The van der Waals surface area contributed by atoms with E-state index in [0.29, 0.717) is 13.0 Å². The highest BCUT2D eigenvalue weighted by atomic mass is 16.1. The Hall–Kier alpha value is -0.570. The number of nitrogens with one attached hydrogen (secondary N) is 1. The largest absolute Gasteiger partial charge is 0.352 e. The number of rotatable bonds is 8. The third-order valence-corrected chi connectivity index (χ3v) is 2.27. The van der Waals surface area contributed by atoms with E-state index >= 15 is 0 Å². The van der Waals surface area contributed by atoms with Crippen LogP contribution in [0.4, 0.5) is 0 Å². The van der Waals surface area contributed by atoms with Gasteiger partial charge in [0.2, 0.25) is 5.91 Å². The molecule has 0 aliphatic rings. The average Bonchev–Trinajstić information content (AvgIpc) is 2.17. The van der Waals surface area contributed by atoms with Crippen LogP contribution < -0.4 is 11.1 Å². The fraction of sp³-hybridized carbons (Fsp3) is 0.909. The first kappa shape index (κ1) is 13.4. The summed E-state index contributed by atoms with van der Waals surface area (Å²) in [6.45, 7) is 4.63. The molecule has 0 rings (SSSR count). The van der Waals surface area contributed by atoms with Gasteiger partial charge in [-0.15, -0.1) is 0 Å². The topological polar surface area (TPSA) is 55.1 Å². The van der Waals surface area contributed by atoms with Gasteiger partial charge in [-0.1, -0.05) is 32.6 Å². The van der Waals surface area contributed by atoms with E-state index in [2.05, 4.69) is 12.2 Å². The highest BCUT2D eigenvalue weighted by Crippen LogP contribution is 2.04. The number of carbonyl (C=O) groups excluding carboxylic acids is 1. The SMILES string of the molecule is CCCCCCCC(=O)N[C@H](C)CN. The summed E-state index contributed by atoms with van der Waals surface area (Å²) in [6, 6.07) is 0.109. The Morgan fingerprint density at radius 3 is 2.50 bits per heavy atom. The molecule has 0 radical (unpaired) electrons. The Morgan fingerprint density at radius 2 is 1.93 bits per heavy atom. The van der Waals surface area contributed by atoms with Crippen LogP contribution in [0.2, 0.25) is 0 Å². The maximum Gasteiger partial charge on any atom is 0.220 e. The Kier molecular flexibility index (Phi) is 8.64. The van der Waals surface area contributed by atoms with E-state index in [-0.39, 0.29) is 11.9 Å². The molecular weight excluding hydrogens is 176 g/mol. The van der Waals surface area contributed by atoms with Crippen molar-refractivity contribution < 1.29 is 4.79 Å². The molecule has 14 heavy (non-hydrogen) atoms. The zero-order chi connectivity index (χ0) is 10.8. The lowest BCUT2D eigenvalue weighted by Crippen LogP contribution is -2.37. The van der Waals surface area contributed by atoms with Gasteiger partial charge in [0, 0.05) is 19.0 Å². The van der Waals surface area contributed by atoms with Crippen molar-refractivity contribution in [1.82, 2.24) is 5.32 Å². The van der Waals surface area contributed by atoms with Gasteiger partial charge in [0.25, 0.3) is 0 Å². The molecular formula is C11H24N2O. The van der Waals surface area contributed by atoms with E-state index in [4.69, 9.17) is 5.73 Å². The standard InChI is InChI=1S/C11H24N2O/c1-3-4-5-6-7-8-11(14)13-10(2)9-12/h10H,3-9,12H2,1-2H3,(H,13,14)/t10-/m1/s1. The molecule has 0 unspecified atom stereocenters. The molecule has 0 saturated heterocycles. The second-order valence-corrected chi connectivity index (χ2v) is 3.87. The van der Waals surface area contributed by atoms with Gasteiger partial charge in [-0.25, -0.2) is 0 Å². The number of amides is 1. The molecule has 0 spiro atoms. The molecule has 3 nitrogen and oxygen atoms in total. The summed E-state index contributed by atoms with van der Waals surface area (Å²) < 4.78 is 0. The smallest absolute Gasteiger partial charge is 0.220 e. The number of hydrogen-bond acceptors (Lipinski definition) is 2. The third-order valence-electron chi connectivity index (χ3n) is 2.27. The normalized spacial score (nSPS) is 12.5. The summed E-state index contributed by atoms with van der Waals surface area (Å²) in [4.78, 5) is 11.3. The number of unbranched alkanes of at least 4 members (excludes halogenated alkanes) is 4. The van der Waals surface area contributed by atoms with Crippen LogP contribution in [-0.2, 0) is 4.79 Å². The maximum atomic E-state index is 11.3. The van der Waals surface area contributed by atoms with Gasteiger partial charge < -0.3 is 11.1 Å². The molecule has 0 aromatic rings. The summed E-state index contributed by atoms with van der Waals surface area (Å²) in [5, 5.41) is 2.86. The van der Waals surface area contributed by atoms with Gasteiger partial charge in [0.05, 0.1) is 0 Å². The van der Waals surface area contributed by atoms with Crippen LogP contribution in [0, 0.1) is 0 Å². The minimum atomic E-state index is 0.109. The summed E-state index contributed by atoms with van der Waals surface area (Å²) in [5.41, 5.74) is 5.40. The summed E-state index contributed by atoms with van der Waals surface area (Å²) in [7, 11) is 0. The second kappa shape index (κ2) is 9.00. The minimum absolute atomic E-state index is 0.109. The summed E-state index contributed by atoms with van der Waals surface area (Å²) in [5.74, 6) is 0.138. The van der Waals surface area contributed by atoms with E-state index < -0.39 is 0 Å². The highest BCUT2D eigenvalue weighted by Gasteiger charge is 2.04. The van der Waals surface area contributed by atoms with Gasteiger partial charge in [-0.05, 0) is 13.3 Å². The van der Waals surface area contributed by atoms with Crippen molar-refractivity contribution in [2.75, 3.05) is 6.54 Å². The van der Waals surface area contributed by atoms with Gasteiger partial charge in [-0.3, -0.25) is 4.79 Å². The molecule has 3 N–H and O–H groups in total. The van der Waals surface area contributed by atoms with Crippen molar-refractivity contribution >= 4 is 5.91 Å². The van der Waals surface area contributed by atoms with Crippen molar-refractivity contribution in [2.24, 2.45) is 5.73 Å². The number of nitrogens with two attached hydrogens (primary N) is 1. The van der Waals surface area contributed by atoms with E-state index in [1.54, 1.807) is 0 Å². The molecule has 1 amide bonds. The molecule has 0 aromatic heterocycles. The lowest BCUT2D eigenvalue weighted by atomic mass is 10.1. The maximum absolute atomic E-state index is 11.3. The van der Waals surface area contributed by atoms with E-state index in [1.807, 2.05) is 6.92 Å². The Balaban J connectivity index is 3.27. The van der Waals surface area contributed by atoms with Crippen LogP contribution >= 0.6 is 0 Å². The lowest BCUT2D eigenvalue weighted by Gasteiger charge is -2.10. The van der Waals surface area contributed by atoms with Crippen molar-refractivity contribution in [3.8, 4) is 0 Å². The molecule has 0 saturated carbocycles. The second-order valence-electron chi connectivity index (χ2n) is 3.87. The molecule has 0 aromatic carbocycles. The Labute approximate surface area is 87.4 Å². The number of carbonyl (C=O) groups is 1. The van der Waals surface area contributed by atoms with Gasteiger partial charge >= 0.3 is 0 Å². The monoisotopic (exact) mass is 200 g/mol. The first-order valence-electron chi connectivity index (χ1n) is 5.70. The first-order valence-corrected chi connectivity index (χ1v) is 5.70. The van der Waals surface area contributed by atoms with E-state index in [1.165, 1.54) is 19.3 Å². The summed E-state index contributed by atoms with van der Waals surface area (Å²) >= 11 is 0. The fourth-order valence-corrected chi connectivity index (χ4v) is 1.30. The molecule has 0 heterocycles. The van der Waals surface area contributed by atoms with Crippen LogP contribution in [0.3, 0.4) is 0 Å². The van der Waals surface area contributed by atoms with Crippen molar-refractivity contribution in [1.29, 1.82) is 0 Å². The van der Waals surface area contributed by atoms with Crippen molar-refractivity contribution in [3.63, 3.8) is 0 Å². The number of hydrogen-bond donors (Lipinski definition) is 2. The zero-order valence-corrected chi connectivity index (χ0v) is 9.51. The molecule has 1 atom stereocenters. The predicted octanol–water partition coefficient (Wildman–Crippen LogP) is 1.81. The lowest BCUT2D eigenvalue weighted by molar-refractivity contribution is -0.121. The van der Waals surface area contributed by atoms with Crippen LogP contribution in [-0.4, -0.2) is 18.5 Å². The average molecular weight is 200 g/mol. The fourth-order valence-electron chi connectivity index (χ4n) is 1.30. The third kappa shape index (κ3) is 8.05. The molecule has 3 heteroatoms. The quantitative estimate of drug-likeness (QED) is 0.587. The van der Waals surface area contributed by atoms with E-state index in [9.17, 15) is 4.79 Å². The van der Waals surface area contributed by atoms with Crippen molar-refractivity contribution in [2.45, 2.75) is 58.4 Å². The molecule has 0 aliphatic carbocycles. The first-order chi connectivity index (χ1) is 6.70. The summed E-state index contributed by atoms with van der Waals surface area (Å²) in [6.07, 6.45) is 6.59. The zero-order valence-electron chi connectivity index (χ0n) is 9.51. The Bertz CT molecular complexity index is 148. The highest BCUT2D eigenvalue weighted by molar-refractivity contribution is 5.76. The van der Waals surface area contributed by atoms with Crippen LogP contribution in [0.1, 0.15) is 52.4 Å². The van der Waals surface area contributed by atoms with Crippen molar-refractivity contribution in [3.05, 3.63) is 0 Å². The van der Waals surface area contributed by atoms with Gasteiger partial charge in [-0.2, -0.15) is 0 Å². The minimum Gasteiger partial charge on any atom is -0.352 e. The van der Waals surface area contributed by atoms with Gasteiger partial charge in [0.1, 0.15) is 0 Å². The molecule has 0 aliphatic heterocycles. The van der Waals surface area contributed by atoms with Crippen LogP contribution in [0.5, 0.6) is 0 Å². The van der Waals surface area contributed by atoms with E-state index in [0.717, 1.165) is 12.8 Å². The van der Waals surface area contributed by atoms with Gasteiger partial charge in [0.15, 0.2) is 0 Å². The van der Waals surface area contributed by atoms with Crippen LogP contribution in [0.25, 0.3) is 0 Å².